The van der Waals surface area contributed by atoms with E-state index >= 15 is 0 Å². The Balaban J connectivity index is 2.29. The van der Waals surface area contributed by atoms with Crippen molar-refractivity contribution in [3.63, 3.8) is 0 Å². The maximum atomic E-state index is 11.1. The summed E-state index contributed by atoms with van der Waals surface area (Å²) in [5, 5.41) is 12.5. The Hall–Kier alpha value is -0.610. The van der Waals surface area contributed by atoms with Gasteiger partial charge in [-0.05, 0) is 32.7 Å². The Kier molecular flexibility index (Phi) is 4.54. The van der Waals surface area contributed by atoms with Crippen LogP contribution in [0.25, 0.3) is 0 Å². The second-order valence-electron chi connectivity index (χ2n) is 4.62. The van der Waals surface area contributed by atoms with Gasteiger partial charge in [0.1, 0.15) is 0 Å². The maximum Gasteiger partial charge on any atom is 0.221 e. The first kappa shape index (κ1) is 12.5. The first-order valence-electron chi connectivity index (χ1n) is 5.69. The van der Waals surface area contributed by atoms with Gasteiger partial charge in [-0.2, -0.15) is 0 Å². The quantitative estimate of drug-likeness (QED) is 0.713. The van der Waals surface area contributed by atoms with Gasteiger partial charge < -0.3 is 15.3 Å². The van der Waals surface area contributed by atoms with Crippen LogP contribution in [0.1, 0.15) is 32.6 Å². The van der Waals surface area contributed by atoms with Crippen LogP contribution in [0.2, 0.25) is 0 Å². The summed E-state index contributed by atoms with van der Waals surface area (Å²) < 4.78 is 0. The predicted molar refractivity (Wildman–Crippen MR) is 59.6 cm³/mol. The van der Waals surface area contributed by atoms with E-state index in [0.29, 0.717) is 6.42 Å². The van der Waals surface area contributed by atoms with Crippen LogP contribution in [-0.4, -0.2) is 48.2 Å². The molecule has 1 aliphatic rings. The molecule has 0 radical (unpaired) electrons. The van der Waals surface area contributed by atoms with Crippen molar-refractivity contribution >= 4 is 5.91 Å². The smallest absolute Gasteiger partial charge is 0.221 e. The Bertz CT molecular complexity index is 217. The van der Waals surface area contributed by atoms with Crippen LogP contribution in [-0.2, 0) is 4.79 Å². The summed E-state index contributed by atoms with van der Waals surface area (Å²) in [6.07, 6.45) is 3.24. The van der Waals surface area contributed by atoms with Gasteiger partial charge in [0.05, 0.1) is 5.60 Å². The van der Waals surface area contributed by atoms with E-state index in [9.17, 15) is 9.90 Å². The van der Waals surface area contributed by atoms with Crippen LogP contribution >= 0.6 is 0 Å². The lowest BCUT2D eigenvalue weighted by Crippen LogP contribution is -2.31. The summed E-state index contributed by atoms with van der Waals surface area (Å²) in [5.41, 5.74) is -0.512. The minimum Gasteiger partial charge on any atom is -0.390 e. The number of aliphatic hydroxyl groups is 1. The Morgan fingerprint density at radius 2 is 2.20 bits per heavy atom. The fourth-order valence-corrected chi connectivity index (χ4v) is 1.93. The first-order valence-corrected chi connectivity index (χ1v) is 5.69. The lowest BCUT2D eigenvalue weighted by atomic mass is 9.98. The van der Waals surface area contributed by atoms with Crippen molar-refractivity contribution in [3.8, 4) is 0 Å². The molecule has 88 valence electrons. The van der Waals surface area contributed by atoms with E-state index in [1.165, 1.54) is 0 Å². The van der Waals surface area contributed by atoms with Gasteiger partial charge in [0, 0.05) is 26.6 Å². The van der Waals surface area contributed by atoms with E-state index in [-0.39, 0.29) is 5.91 Å². The molecular weight excluding hydrogens is 192 g/mol. The van der Waals surface area contributed by atoms with Crippen molar-refractivity contribution < 1.29 is 9.90 Å². The largest absolute Gasteiger partial charge is 0.390 e. The zero-order valence-corrected chi connectivity index (χ0v) is 9.75. The van der Waals surface area contributed by atoms with E-state index in [1.54, 1.807) is 7.05 Å². The van der Waals surface area contributed by atoms with Crippen molar-refractivity contribution in [3.05, 3.63) is 0 Å². The number of likely N-dealkylation sites (tertiary alicyclic amines) is 1. The van der Waals surface area contributed by atoms with Crippen molar-refractivity contribution in [1.82, 2.24) is 10.2 Å². The molecule has 0 spiro atoms. The fraction of sp³-hybridized carbons (Fsp3) is 0.909. The van der Waals surface area contributed by atoms with E-state index in [1.807, 2.05) is 6.92 Å². The van der Waals surface area contributed by atoms with Gasteiger partial charge in [-0.25, -0.2) is 0 Å². The molecule has 0 aliphatic carbocycles. The Morgan fingerprint density at radius 3 is 2.87 bits per heavy atom. The molecule has 1 atom stereocenters. The van der Waals surface area contributed by atoms with Crippen LogP contribution < -0.4 is 5.32 Å². The molecule has 0 aromatic carbocycles. The summed E-state index contributed by atoms with van der Waals surface area (Å²) in [6.45, 7) is 4.59. The van der Waals surface area contributed by atoms with Gasteiger partial charge >= 0.3 is 0 Å². The third-order valence-electron chi connectivity index (χ3n) is 3.09. The molecule has 0 aromatic rings. The van der Waals surface area contributed by atoms with Crippen LogP contribution in [0.15, 0.2) is 0 Å². The van der Waals surface area contributed by atoms with Crippen molar-refractivity contribution in [2.45, 2.75) is 38.2 Å². The van der Waals surface area contributed by atoms with Crippen LogP contribution in [0, 0.1) is 0 Å². The van der Waals surface area contributed by atoms with Gasteiger partial charge in [-0.15, -0.1) is 0 Å². The number of nitrogens with one attached hydrogen (secondary N) is 1. The molecule has 0 aromatic heterocycles. The monoisotopic (exact) mass is 214 g/mol. The number of hydrogen-bond donors (Lipinski definition) is 2. The number of amides is 1. The maximum absolute atomic E-state index is 11.1. The van der Waals surface area contributed by atoms with Crippen LogP contribution in [0.5, 0.6) is 0 Å². The molecule has 1 aliphatic heterocycles. The standard InChI is InChI=1S/C11H22N2O2/c1-11(15)5-3-7-13(9-6-11)8-4-10(14)12-2/h15H,3-9H2,1-2H3,(H,12,14). The summed E-state index contributed by atoms with van der Waals surface area (Å²) in [5.74, 6) is 0.0889. The Labute approximate surface area is 91.6 Å². The highest BCUT2D eigenvalue weighted by Crippen LogP contribution is 2.21. The highest BCUT2D eigenvalue weighted by molar-refractivity contribution is 5.75. The van der Waals surface area contributed by atoms with Gasteiger partial charge in [0.25, 0.3) is 0 Å². The average Bonchev–Trinajstić information content (AvgIpc) is 2.36. The molecule has 1 amide bonds. The normalized spacial score (nSPS) is 28.5. The molecule has 15 heavy (non-hydrogen) atoms. The number of carbonyl (C=O) groups excluding carboxylic acids is 1. The third kappa shape index (κ3) is 4.62. The number of nitrogens with zero attached hydrogens (tertiary/aromatic N) is 1. The fourth-order valence-electron chi connectivity index (χ4n) is 1.93. The highest BCUT2D eigenvalue weighted by atomic mass is 16.3. The van der Waals surface area contributed by atoms with Crippen molar-refractivity contribution in [2.24, 2.45) is 0 Å². The second kappa shape index (κ2) is 5.47. The summed E-state index contributed by atoms with van der Waals surface area (Å²) >= 11 is 0. The minimum absolute atomic E-state index is 0.0889. The van der Waals surface area contributed by atoms with Gasteiger partial charge in [-0.3, -0.25) is 4.79 Å². The molecule has 0 bridgehead atoms. The molecule has 1 rings (SSSR count). The SMILES string of the molecule is CNC(=O)CCN1CCCC(C)(O)CC1. The van der Waals surface area contributed by atoms with Gasteiger partial charge in [0.15, 0.2) is 0 Å². The van der Waals surface area contributed by atoms with E-state index in [2.05, 4.69) is 10.2 Å². The lowest BCUT2D eigenvalue weighted by molar-refractivity contribution is -0.120. The third-order valence-corrected chi connectivity index (χ3v) is 3.09. The highest BCUT2D eigenvalue weighted by Gasteiger charge is 2.24. The van der Waals surface area contributed by atoms with Gasteiger partial charge in [0.2, 0.25) is 5.91 Å². The van der Waals surface area contributed by atoms with Crippen molar-refractivity contribution in [1.29, 1.82) is 0 Å². The number of hydrogen-bond acceptors (Lipinski definition) is 3. The van der Waals surface area contributed by atoms with Crippen molar-refractivity contribution in [2.75, 3.05) is 26.7 Å². The lowest BCUT2D eigenvalue weighted by Gasteiger charge is -2.22. The molecular formula is C11H22N2O2. The van der Waals surface area contributed by atoms with E-state index < -0.39 is 5.60 Å². The average molecular weight is 214 g/mol. The summed E-state index contributed by atoms with van der Waals surface area (Å²) in [7, 11) is 1.66. The first-order chi connectivity index (χ1) is 7.03. The number of rotatable bonds is 3. The molecule has 4 heteroatoms. The topological polar surface area (TPSA) is 52.6 Å². The second-order valence-corrected chi connectivity index (χ2v) is 4.62. The molecule has 1 saturated heterocycles. The summed E-state index contributed by atoms with van der Waals surface area (Å²) in [4.78, 5) is 13.3. The molecule has 2 N–H and O–H groups in total. The van der Waals surface area contributed by atoms with E-state index in [4.69, 9.17) is 0 Å². The van der Waals surface area contributed by atoms with Crippen LogP contribution in [0.3, 0.4) is 0 Å². The predicted octanol–water partition coefficient (Wildman–Crippen LogP) is 0.359. The van der Waals surface area contributed by atoms with Gasteiger partial charge in [-0.1, -0.05) is 0 Å². The molecule has 1 heterocycles. The molecule has 4 nitrogen and oxygen atoms in total. The number of carbonyl (C=O) groups is 1. The zero-order chi connectivity index (χ0) is 11.3. The minimum atomic E-state index is -0.512. The van der Waals surface area contributed by atoms with E-state index in [0.717, 1.165) is 38.9 Å². The molecule has 1 unspecified atom stereocenters. The molecule has 1 fully saturated rings. The summed E-state index contributed by atoms with van der Waals surface area (Å²) in [6, 6.07) is 0. The zero-order valence-electron chi connectivity index (χ0n) is 9.75. The molecule has 0 saturated carbocycles. The van der Waals surface area contributed by atoms with Crippen LogP contribution in [0.4, 0.5) is 0 Å². The Morgan fingerprint density at radius 1 is 1.47 bits per heavy atom.